The van der Waals surface area contributed by atoms with Gasteiger partial charge in [0.05, 0.1) is 15.8 Å². The van der Waals surface area contributed by atoms with Crippen molar-refractivity contribution in [2.75, 3.05) is 0 Å². The highest BCUT2D eigenvalue weighted by Crippen LogP contribution is 2.21. The minimum Gasteiger partial charge on any atom is -0.282 e. The van der Waals surface area contributed by atoms with Crippen LogP contribution in [0.2, 0.25) is 0 Å². The van der Waals surface area contributed by atoms with Crippen LogP contribution < -0.4 is 5.56 Å². The Balaban J connectivity index is 2.35. The summed E-state index contributed by atoms with van der Waals surface area (Å²) < 4.78 is 3.60. The molecule has 3 rings (SSSR count). The third-order valence-corrected chi connectivity index (χ3v) is 3.22. The first-order chi connectivity index (χ1) is 8.18. The van der Waals surface area contributed by atoms with Gasteiger partial charge in [-0.15, -0.1) is 0 Å². The molecule has 0 amide bonds. The Morgan fingerprint density at radius 1 is 1.18 bits per heavy atom. The lowest BCUT2D eigenvalue weighted by Crippen LogP contribution is -2.26. The minimum atomic E-state index is -0.472. The molecule has 0 bridgehead atoms. The van der Waals surface area contributed by atoms with E-state index in [0.717, 1.165) is 24.9 Å². The van der Waals surface area contributed by atoms with Gasteiger partial charge < -0.3 is 0 Å². The van der Waals surface area contributed by atoms with Gasteiger partial charge in [0.1, 0.15) is 0 Å². The molecule has 1 aromatic heterocycles. The molecule has 0 N–H and O–H groups in total. The van der Waals surface area contributed by atoms with Crippen LogP contribution in [0.1, 0.15) is 12.8 Å². The molecule has 6 heteroatoms. The molecule has 0 saturated heterocycles. The Morgan fingerprint density at radius 2 is 1.88 bits per heavy atom. The fourth-order valence-electron chi connectivity index (χ4n) is 2.40. The molecule has 17 heavy (non-hydrogen) atoms. The standard InChI is InChI=1S/C11H11N3O3/c15-11-9-7-8(14(16)17)3-4-10(9)12-5-1-2-6-13(11)12/h3-4,7H,1-2,5-6H2. The van der Waals surface area contributed by atoms with Gasteiger partial charge in [0.15, 0.2) is 0 Å². The summed E-state index contributed by atoms with van der Waals surface area (Å²) in [5, 5.41) is 11.1. The van der Waals surface area contributed by atoms with Crippen LogP contribution in [0.5, 0.6) is 0 Å². The second-order valence-electron chi connectivity index (χ2n) is 4.22. The lowest BCUT2D eigenvalue weighted by atomic mass is 10.2. The normalized spacial score (nSPS) is 14.8. The van der Waals surface area contributed by atoms with Gasteiger partial charge in [0.2, 0.25) is 0 Å². The van der Waals surface area contributed by atoms with Crippen LogP contribution in [-0.4, -0.2) is 14.3 Å². The average Bonchev–Trinajstić information content (AvgIpc) is 2.64. The molecule has 0 fully saturated rings. The zero-order chi connectivity index (χ0) is 12.0. The van der Waals surface area contributed by atoms with Gasteiger partial charge in [-0.25, -0.2) is 4.68 Å². The summed E-state index contributed by atoms with van der Waals surface area (Å²) in [6.07, 6.45) is 2.03. The molecule has 2 aromatic rings. The number of benzene rings is 1. The maximum Gasteiger partial charge on any atom is 0.274 e. The summed E-state index contributed by atoms with van der Waals surface area (Å²) in [4.78, 5) is 22.3. The number of non-ortho nitro benzene ring substituents is 1. The predicted molar refractivity (Wildman–Crippen MR) is 62.1 cm³/mol. The summed E-state index contributed by atoms with van der Waals surface area (Å²) in [6, 6.07) is 4.48. The van der Waals surface area contributed by atoms with Crippen LogP contribution in [0, 0.1) is 10.1 Å². The molecule has 0 atom stereocenters. The number of aryl methyl sites for hydroxylation is 1. The van der Waals surface area contributed by atoms with Crippen LogP contribution in [0.15, 0.2) is 23.0 Å². The fourth-order valence-corrected chi connectivity index (χ4v) is 2.40. The molecule has 88 valence electrons. The molecule has 2 heterocycles. The molecular weight excluding hydrogens is 222 g/mol. The molecule has 6 nitrogen and oxygen atoms in total. The zero-order valence-corrected chi connectivity index (χ0v) is 9.13. The monoisotopic (exact) mass is 233 g/mol. The van der Waals surface area contributed by atoms with Crippen molar-refractivity contribution in [3.8, 4) is 0 Å². The Labute approximate surface area is 96.2 Å². The second kappa shape index (κ2) is 3.44. The summed E-state index contributed by atoms with van der Waals surface area (Å²) in [5.41, 5.74) is 0.641. The van der Waals surface area contributed by atoms with Gasteiger partial charge >= 0.3 is 0 Å². The van der Waals surface area contributed by atoms with E-state index in [1.807, 2.05) is 4.68 Å². The van der Waals surface area contributed by atoms with E-state index in [1.54, 1.807) is 10.7 Å². The van der Waals surface area contributed by atoms with E-state index in [4.69, 9.17) is 0 Å². The third kappa shape index (κ3) is 1.37. The molecule has 1 aromatic carbocycles. The van der Waals surface area contributed by atoms with Crippen molar-refractivity contribution in [1.82, 2.24) is 9.36 Å². The number of rotatable bonds is 1. The maximum atomic E-state index is 12.1. The van der Waals surface area contributed by atoms with Gasteiger partial charge in [0, 0.05) is 25.2 Å². The first-order valence-corrected chi connectivity index (χ1v) is 5.56. The predicted octanol–water partition coefficient (Wildman–Crippen LogP) is 1.50. The van der Waals surface area contributed by atoms with Gasteiger partial charge in [-0.2, -0.15) is 0 Å². The highest BCUT2D eigenvalue weighted by atomic mass is 16.6. The van der Waals surface area contributed by atoms with E-state index in [-0.39, 0.29) is 11.2 Å². The Bertz CT molecular complexity index is 668. The highest BCUT2D eigenvalue weighted by Gasteiger charge is 2.18. The number of nitro groups is 1. The SMILES string of the molecule is O=c1c2cc([N+](=O)[O-])ccc2n2n1CCCC2. The summed E-state index contributed by atoms with van der Waals surface area (Å²) in [5.74, 6) is 0. The van der Waals surface area contributed by atoms with Crippen molar-refractivity contribution >= 4 is 16.6 Å². The highest BCUT2D eigenvalue weighted by molar-refractivity contribution is 5.81. The maximum absolute atomic E-state index is 12.1. The summed E-state index contributed by atoms with van der Waals surface area (Å²) in [7, 11) is 0. The van der Waals surface area contributed by atoms with E-state index < -0.39 is 4.92 Å². The van der Waals surface area contributed by atoms with Crippen molar-refractivity contribution < 1.29 is 4.92 Å². The smallest absolute Gasteiger partial charge is 0.274 e. The van der Waals surface area contributed by atoms with E-state index >= 15 is 0 Å². The molecule has 0 spiro atoms. The van der Waals surface area contributed by atoms with Crippen LogP contribution in [0.3, 0.4) is 0 Å². The quantitative estimate of drug-likeness (QED) is 0.553. The van der Waals surface area contributed by atoms with E-state index in [2.05, 4.69) is 0 Å². The number of hydrogen-bond acceptors (Lipinski definition) is 3. The van der Waals surface area contributed by atoms with Gasteiger partial charge in [-0.1, -0.05) is 0 Å². The molecule has 0 saturated carbocycles. The Kier molecular flexibility index (Phi) is 2.04. The first-order valence-electron chi connectivity index (χ1n) is 5.56. The molecule has 0 radical (unpaired) electrons. The lowest BCUT2D eigenvalue weighted by molar-refractivity contribution is -0.384. The largest absolute Gasteiger partial charge is 0.282 e. The van der Waals surface area contributed by atoms with Crippen LogP contribution >= 0.6 is 0 Å². The molecule has 1 aliphatic rings. The second-order valence-corrected chi connectivity index (χ2v) is 4.22. The minimum absolute atomic E-state index is 0.0295. The number of aromatic nitrogens is 2. The van der Waals surface area contributed by atoms with E-state index in [1.165, 1.54) is 12.1 Å². The number of fused-ring (bicyclic) bond motifs is 3. The van der Waals surface area contributed by atoms with Gasteiger partial charge in [0.25, 0.3) is 11.2 Å². The van der Waals surface area contributed by atoms with Crippen LogP contribution in [0.4, 0.5) is 5.69 Å². The number of nitro benzene ring substituents is 1. The summed E-state index contributed by atoms with van der Waals surface area (Å²) >= 11 is 0. The molecule has 0 unspecified atom stereocenters. The Morgan fingerprint density at radius 3 is 2.59 bits per heavy atom. The van der Waals surface area contributed by atoms with Crippen molar-refractivity contribution in [1.29, 1.82) is 0 Å². The topological polar surface area (TPSA) is 70.1 Å². The zero-order valence-electron chi connectivity index (χ0n) is 9.13. The summed E-state index contributed by atoms with van der Waals surface area (Å²) in [6.45, 7) is 1.50. The van der Waals surface area contributed by atoms with Crippen molar-refractivity contribution in [3.05, 3.63) is 38.7 Å². The van der Waals surface area contributed by atoms with Crippen LogP contribution in [-0.2, 0) is 13.1 Å². The number of hydrogen-bond donors (Lipinski definition) is 0. The fraction of sp³-hybridized carbons (Fsp3) is 0.364. The molecule has 1 aliphatic heterocycles. The van der Waals surface area contributed by atoms with Crippen molar-refractivity contribution in [2.24, 2.45) is 0 Å². The van der Waals surface area contributed by atoms with E-state index in [0.29, 0.717) is 11.9 Å². The third-order valence-electron chi connectivity index (χ3n) is 3.22. The van der Waals surface area contributed by atoms with E-state index in [9.17, 15) is 14.9 Å². The molecule has 0 aliphatic carbocycles. The van der Waals surface area contributed by atoms with Gasteiger partial charge in [-0.3, -0.25) is 19.6 Å². The average molecular weight is 233 g/mol. The number of nitrogens with zero attached hydrogens (tertiary/aromatic N) is 3. The van der Waals surface area contributed by atoms with Crippen molar-refractivity contribution in [2.45, 2.75) is 25.9 Å². The first kappa shape index (κ1) is 10.1. The lowest BCUT2D eigenvalue weighted by Gasteiger charge is -2.17. The van der Waals surface area contributed by atoms with Crippen molar-refractivity contribution in [3.63, 3.8) is 0 Å². The molecular formula is C11H11N3O3. The Hall–Kier alpha value is -2.11. The van der Waals surface area contributed by atoms with Gasteiger partial charge in [-0.05, 0) is 18.9 Å². The van der Waals surface area contributed by atoms with Crippen LogP contribution in [0.25, 0.3) is 10.9 Å².